The van der Waals surface area contributed by atoms with Crippen LogP contribution >= 0.6 is 22.9 Å². The normalized spacial score (nSPS) is 10.9. The summed E-state index contributed by atoms with van der Waals surface area (Å²) in [6.45, 7) is 0.993. The molecule has 0 aliphatic rings. The summed E-state index contributed by atoms with van der Waals surface area (Å²) in [6, 6.07) is 3.78. The van der Waals surface area contributed by atoms with Gasteiger partial charge in [0.15, 0.2) is 0 Å². The van der Waals surface area contributed by atoms with Crippen molar-refractivity contribution in [3.8, 4) is 10.8 Å². The van der Waals surface area contributed by atoms with Crippen LogP contribution in [0.1, 0.15) is 12.1 Å². The van der Waals surface area contributed by atoms with E-state index in [9.17, 15) is 0 Å². The zero-order valence-corrected chi connectivity index (χ0v) is 10.6. The number of thiophene rings is 1. The molecule has 0 radical (unpaired) electrons. The van der Waals surface area contributed by atoms with Crippen molar-refractivity contribution in [1.29, 1.82) is 0 Å². The highest BCUT2D eigenvalue weighted by Gasteiger charge is 2.08. The van der Waals surface area contributed by atoms with Crippen molar-refractivity contribution in [2.24, 2.45) is 0 Å². The minimum atomic E-state index is 0.663. The Labute approximate surface area is 103 Å². The van der Waals surface area contributed by atoms with Gasteiger partial charge in [-0.05, 0) is 38.6 Å². The zero-order chi connectivity index (χ0) is 11.4. The van der Waals surface area contributed by atoms with Gasteiger partial charge in [-0.2, -0.15) is 0 Å². The average Bonchev–Trinajstić information content (AvgIpc) is 2.87. The van der Waals surface area contributed by atoms with Crippen LogP contribution in [0.25, 0.3) is 10.8 Å². The third kappa shape index (κ3) is 2.84. The molecule has 0 fully saturated rings. The zero-order valence-electron chi connectivity index (χ0n) is 9.00. The summed E-state index contributed by atoms with van der Waals surface area (Å²) in [6.07, 6.45) is 3.72. The monoisotopic (exact) mass is 256 g/mol. The van der Waals surface area contributed by atoms with Crippen LogP contribution in [-0.2, 0) is 6.42 Å². The van der Waals surface area contributed by atoms with Crippen molar-refractivity contribution in [3.05, 3.63) is 28.4 Å². The van der Waals surface area contributed by atoms with Crippen LogP contribution in [0.5, 0.6) is 0 Å². The van der Waals surface area contributed by atoms with Crippen LogP contribution in [0.2, 0.25) is 4.34 Å². The first-order valence-corrected chi connectivity index (χ1v) is 6.34. The largest absolute Gasteiger partial charge is 0.444 e. The van der Waals surface area contributed by atoms with Crippen molar-refractivity contribution in [2.75, 3.05) is 13.6 Å². The highest BCUT2D eigenvalue weighted by atomic mass is 35.5. The number of nitrogens with one attached hydrogen (secondary N) is 1. The Balaban J connectivity index is 2.02. The molecule has 0 saturated carbocycles. The van der Waals surface area contributed by atoms with Crippen molar-refractivity contribution >= 4 is 22.9 Å². The maximum Gasteiger partial charge on any atom is 0.236 e. The van der Waals surface area contributed by atoms with Crippen LogP contribution in [0.15, 0.2) is 22.8 Å². The van der Waals surface area contributed by atoms with Gasteiger partial charge < -0.3 is 9.73 Å². The summed E-state index contributed by atoms with van der Waals surface area (Å²) >= 11 is 7.34. The van der Waals surface area contributed by atoms with Crippen LogP contribution in [0.3, 0.4) is 0 Å². The number of hydrogen-bond donors (Lipinski definition) is 1. The quantitative estimate of drug-likeness (QED) is 0.835. The molecule has 86 valence electrons. The Morgan fingerprint density at radius 1 is 1.50 bits per heavy atom. The highest BCUT2D eigenvalue weighted by molar-refractivity contribution is 7.19. The Morgan fingerprint density at radius 2 is 2.38 bits per heavy atom. The van der Waals surface area contributed by atoms with Gasteiger partial charge in [0.1, 0.15) is 6.26 Å². The number of aryl methyl sites for hydroxylation is 1. The van der Waals surface area contributed by atoms with Crippen molar-refractivity contribution in [2.45, 2.75) is 12.8 Å². The Bertz CT molecular complexity index is 452. The fourth-order valence-electron chi connectivity index (χ4n) is 1.41. The minimum absolute atomic E-state index is 0.663. The van der Waals surface area contributed by atoms with Gasteiger partial charge >= 0.3 is 0 Å². The van der Waals surface area contributed by atoms with E-state index in [1.807, 2.05) is 19.2 Å². The lowest BCUT2D eigenvalue weighted by atomic mass is 10.2. The number of aromatic nitrogens is 1. The third-order valence-corrected chi connectivity index (χ3v) is 3.41. The Kier molecular flexibility index (Phi) is 3.98. The first-order valence-electron chi connectivity index (χ1n) is 5.14. The second kappa shape index (κ2) is 5.48. The summed E-state index contributed by atoms with van der Waals surface area (Å²) in [5.41, 5.74) is 0.995. The van der Waals surface area contributed by atoms with Gasteiger partial charge in [-0.3, -0.25) is 0 Å². The minimum Gasteiger partial charge on any atom is -0.444 e. The lowest BCUT2D eigenvalue weighted by Crippen LogP contribution is -2.08. The van der Waals surface area contributed by atoms with E-state index >= 15 is 0 Å². The molecule has 2 rings (SSSR count). The van der Waals surface area contributed by atoms with E-state index in [2.05, 4.69) is 10.3 Å². The van der Waals surface area contributed by atoms with Gasteiger partial charge in [-0.1, -0.05) is 11.6 Å². The van der Waals surface area contributed by atoms with Gasteiger partial charge in [0.05, 0.1) is 14.9 Å². The molecule has 0 aliphatic carbocycles. The number of hydrogen-bond acceptors (Lipinski definition) is 4. The van der Waals surface area contributed by atoms with E-state index in [1.54, 1.807) is 6.26 Å². The summed E-state index contributed by atoms with van der Waals surface area (Å²) in [4.78, 5) is 5.40. The van der Waals surface area contributed by atoms with E-state index in [-0.39, 0.29) is 0 Å². The average molecular weight is 257 g/mol. The molecule has 16 heavy (non-hydrogen) atoms. The number of halogens is 1. The molecule has 3 nitrogen and oxygen atoms in total. The maximum absolute atomic E-state index is 5.86. The molecular formula is C11H13ClN2OS. The fourth-order valence-corrected chi connectivity index (χ4v) is 2.39. The molecule has 2 aromatic heterocycles. The van der Waals surface area contributed by atoms with Gasteiger partial charge in [0, 0.05) is 0 Å². The molecule has 0 saturated heterocycles. The molecule has 0 unspecified atom stereocenters. The topological polar surface area (TPSA) is 38.1 Å². The lowest BCUT2D eigenvalue weighted by Gasteiger charge is -1.94. The third-order valence-electron chi connectivity index (χ3n) is 2.20. The lowest BCUT2D eigenvalue weighted by molar-refractivity contribution is 0.573. The van der Waals surface area contributed by atoms with Crippen molar-refractivity contribution in [1.82, 2.24) is 10.3 Å². The molecule has 0 amide bonds. The van der Waals surface area contributed by atoms with Gasteiger partial charge in [-0.25, -0.2) is 4.98 Å². The molecule has 2 aromatic rings. The van der Waals surface area contributed by atoms with Crippen LogP contribution in [0.4, 0.5) is 0 Å². The van der Waals surface area contributed by atoms with Crippen LogP contribution in [0, 0.1) is 0 Å². The fraction of sp³-hybridized carbons (Fsp3) is 0.364. The molecule has 0 bridgehead atoms. The van der Waals surface area contributed by atoms with E-state index < -0.39 is 0 Å². The summed E-state index contributed by atoms with van der Waals surface area (Å²) in [5, 5.41) is 3.11. The Hall–Kier alpha value is -0.840. The number of oxazole rings is 1. The van der Waals surface area contributed by atoms with E-state index in [4.69, 9.17) is 16.0 Å². The van der Waals surface area contributed by atoms with E-state index in [0.717, 1.165) is 34.3 Å². The number of rotatable bonds is 5. The molecule has 1 N–H and O–H groups in total. The summed E-state index contributed by atoms with van der Waals surface area (Å²) in [7, 11) is 1.95. The standard InChI is InChI=1S/C11H13ClN2OS/c1-13-6-2-3-8-7-15-11(14-8)9-4-5-10(12)16-9/h4-5,7,13H,2-3,6H2,1H3. The predicted molar refractivity (Wildman–Crippen MR) is 67.1 cm³/mol. The SMILES string of the molecule is CNCCCc1coc(-c2ccc(Cl)s2)n1. The molecule has 2 heterocycles. The second-order valence-electron chi connectivity index (χ2n) is 3.45. The predicted octanol–water partition coefficient (Wildman–Crippen LogP) is 3.21. The molecule has 5 heteroatoms. The molecule has 0 spiro atoms. The van der Waals surface area contributed by atoms with Gasteiger partial charge in [0.2, 0.25) is 5.89 Å². The summed E-state index contributed by atoms with van der Waals surface area (Å²) < 4.78 is 6.17. The molecule has 0 atom stereocenters. The number of nitrogens with zero attached hydrogens (tertiary/aromatic N) is 1. The maximum atomic E-state index is 5.86. The first-order chi connectivity index (χ1) is 7.79. The van der Waals surface area contributed by atoms with E-state index in [1.165, 1.54) is 11.3 Å². The molecular weight excluding hydrogens is 244 g/mol. The van der Waals surface area contributed by atoms with Gasteiger partial charge in [0.25, 0.3) is 0 Å². The molecule has 0 aromatic carbocycles. The smallest absolute Gasteiger partial charge is 0.236 e. The van der Waals surface area contributed by atoms with Gasteiger partial charge in [-0.15, -0.1) is 11.3 Å². The van der Waals surface area contributed by atoms with E-state index in [0.29, 0.717) is 5.89 Å². The Morgan fingerprint density at radius 3 is 3.06 bits per heavy atom. The second-order valence-corrected chi connectivity index (χ2v) is 5.17. The van der Waals surface area contributed by atoms with Crippen molar-refractivity contribution in [3.63, 3.8) is 0 Å². The van der Waals surface area contributed by atoms with Crippen LogP contribution in [-0.4, -0.2) is 18.6 Å². The highest BCUT2D eigenvalue weighted by Crippen LogP contribution is 2.30. The summed E-state index contributed by atoms with van der Waals surface area (Å²) in [5.74, 6) is 0.663. The van der Waals surface area contributed by atoms with Crippen molar-refractivity contribution < 1.29 is 4.42 Å². The molecule has 0 aliphatic heterocycles. The van der Waals surface area contributed by atoms with Crippen LogP contribution < -0.4 is 5.32 Å². The first kappa shape index (κ1) is 11.6.